The van der Waals surface area contributed by atoms with E-state index in [1.807, 2.05) is 13.8 Å². The van der Waals surface area contributed by atoms with Crippen LogP contribution in [0, 0.1) is 20.8 Å². The molecule has 1 N–H and O–H groups in total. The van der Waals surface area contributed by atoms with Gasteiger partial charge in [0.1, 0.15) is 0 Å². The summed E-state index contributed by atoms with van der Waals surface area (Å²) in [6, 6.07) is 2.51. The van der Waals surface area contributed by atoms with E-state index in [-0.39, 0.29) is 0 Å². The first-order valence-electron chi connectivity index (χ1n) is 7.27. The Morgan fingerprint density at radius 1 is 1.15 bits per heavy atom. The number of nitrogens with zero attached hydrogens (tertiary/aromatic N) is 4. The molecule has 0 atom stereocenters. The number of hydrogen-bond donors (Lipinski definition) is 1. The van der Waals surface area contributed by atoms with Crippen LogP contribution in [0.1, 0.15) is 37.4 Å². The van der Waals surface area contributed by atoms with Gasteiger partial charge in [0.2, 0.25) is 5.95 Å². The molecule has 0 aromatic carbocycles. The number of aryl methyl sites for hydroxylation is 5. The quantitative estimate of drug-likeness (QED) is 0.881. The minimum atomic E-state index is 0.395. The van der Waals surface area contributed by atoms with E-state index in [9.17, 15) is 0 Å². The summed E-state index contributed by atoms with van der Waals surface area (Å²) in [5.74, 6) is 0.964. The Hall–Kier alpha value is -1.78. The van der Waals surface area contributed by atoms with Crippen LogP contribution in [0.25, 0.3) is 0 Å². The second kappa shape index (κ2) is 6.11. The largest absolute Gasteiger partial charge is 0.353 e. The van der Waals surface area contributed by atoms with Crippen LogP contribution in [-0.4, -0.2) is 25.4 Å². The highest BCUT2D eigenvalue weighted by atomic mass is 15.3. The Bertz CT molecular complexity index is 565. The van der Waals surface area contributed by atoms with Crippen LogP contribution in [0.15, 0.2) is 12.3 Å². The van der Waals surface area contributed by atoms with Gasteiger partial charge in [0.15, 0.2) is 0 Å². The average Bonchev–Trinajstić information content (AvgIpc) is 2.82. The Labute approximate surface area is 121 Å². The highest BCUT2D eigenvalue weighted by Crippen LogP contribution is 2.11. The molecule has 0 bridgehead atoms. The van der Waals surface area contributed by atoms with Gasteiger partial charge in [-0.1, -0.05) is 0 Å². The third-order valence-electron chi connectivity index (χ3n) is 3.19. The van der Waals surface area contributed by atoms with Crippen LogP contribution in [0.3, 0.4) is 0 Å². The number of anilines is 1. The van der Waals surface area contributed by atoms with E-state index < -0.39 is 0 Å². The first-order chi connectivity index (χ1) is 9.45. The Morgan fingerprint density at radius 3 is 2.50 bits per heavy atom. The molecule has 0 aliphatic carbocycles. The van der Waals surface area contributed by atoms with Crippen molar-refractivity contribution in [2.24, 2.45) is 0 Å². The third-order valence-corrected chi connectivity index (χ3v) is 3.19. The van der Waals surface area contributed by atoms with Crippen LogP contribution >= 0.6 is 0 Å². The van der Waals surface area contributed by atoms with Crippen molar-refractivity contribution in [1.29, 1.82) is 0 Å². The number of aromatic nitrogens is 4. The molecule has 0 aliphatic rings. The molecular weight excluding hydrogens is 250 g/mol. The molecule has 0 aliphatic heterocycles. The molecule has 2 rings (SSSR count). The molecule has 0 saturated heterocycles. The summed E-state index contributed by atoms with van der Waals surface area (Å²) in [4.78, 5) is 4.53. The van der Waals surface area contributed by atoms with Crippen molar-refractivity contribution in [1.82, 2.24) is 19.3 Å². The molecule has 0 amide bonds. The number of nitrogens with one attached hydrogen (secondary N) is 1. The highest BCUT2D eigenvalue weighted by molar-refractivity contribution is 5.29. The standard InChI is InChI=1S/C15H25N5/c1-11(2)16-15-17-13(4)10-19(15)7-6-8-20-14(5)9-12(3)18-20/h9-11H,6-8H2,1-5H3,(H,16,17). The van der Waals surface area contributed by atoms with Crippen LogP contribution in [-0.2, 0) is 13.1 Å². The average molecular weight is 275 g/mol. The molecular formula is C15H25N5. The second-order valence-electron chi connectivity index (χ2n) is 5.70. The van der Waals surface area contributed by atoms with Gasteiger partial charge in [0.25, 0.3) is 0 Å². The van der Waals surface area contributed by atoms with E-state index >= 15 is 0 Å². The van der Waals surface area contributed by atoms with Crippen molar-refractivity contribution in [2.75, 3.05) is 5.32 Å². The van der Waals surface area contributed by atoms with Crippen molar-refractivity contribution in [3.63, 3.8) is 0 Å². The predicted octanol–water partition coefficient (Wildman–Crippen LogP) is 2.92. The van der Waals surface area contributed by atoms with Gasteiger partial charge in [0.05, 0.1) is 11.4 Å². The summed E-state index contributed by atoms with van der Waals surface area (Å²) in [5, 5.41) is 7.88. The Kier molecular flexibility index (Phi) is 4.47. The predicted molar refractivity (Wildman–Crippen MR) is 82.0 cm³/mol. The first kappa shape index (κ1) is 14.6. The van der Waals surface area contributed by atoms with Crippen molar-refractivity contribution >= 4 is 5.95 Å². The molecule has 5 heteroatoms. The van der Waals surface area contributed by atoms with Crippen molar-refractivity contribution in [3.05, 3.63) is 29.3 Å². The zero-order valence-corrected chi connectivity index (χ0v) is 13.1. The fourth-order valence-electron chi connectivity index (χ4n) is 2.38. The molecule has 0 radical (unpaired) electrons. The van der Waals surface area contributed by atoms with Crippen LogP contribution in [0.2, 0.25) is 0 Å². The van der Waals surface area contributed by atoms with Crippen LogP contribution < -0.4 is 5.32 Å². The topological polar surface area (TPSA) is 47.7 Å². The minimum Gasteiger partial charge on any atom is -0.353 e. The monoisotopic (exact) mass is 275 g/mol. The van der Waals surface area contributed by atoms with E-state index in [2.05, 4.69) is 57.7 Å². The lowest BCUT2D eigenvalue weighted by atomic mass is 10.3. The van der Waals surface area contributed by atoms with E-state index in [0.717, 1.165) is 36.8 Å². The van der Waals surface area contributed by atoms with Crippen molar-refractivity contribution in [3.8, 4) is 0 Å². The molecule has 0 unspecified atom stereocenters. The SMILES string of the molecule is Cc1cn(CCCn2nc(C)cc2C)c(NC(C)C)n1. The highest BCUT2D eigenvalue weighted by Gasteiger charge is 2.07. The van der Waals surface area contributed by atoms with Crippen molar-refractivity contribution in [2.45, 2.75) is 60.2 Å². The van der Waals surface area contributed by atoms with Gasteiger partial charge < -0.3 is 9.88 Å². The molecule has 2 aromatic rings. The number of hydrogen-bond acceptors (Lipinski definition) is 3. The van der Waals surface area contributed by atoms with Gasteiger partial charge in [-0.3, -0.25) is 4.68 Å². The third kappa shape index (κ3) is 3.62. The maximum atomic E-state index is 4.53. The second-order valence-corrected chi connectivity index (χ2v) is 5.70. The van der Waals surface area contributed by atoms with E-state index in [1.54, 1.807) is 0 Å². The lowest BCUT2D eigenvalue weighted by molar-refractivity contribution is 0.517. The van der Waals surface area contributed by atoms with Crippen molar-refractivity contribution < 1.29 is 0 Å². The number of imidazole rings is 1. The summed E-state index contributed by atoms with van der Waals surface area (Å²) in [5.41, 5.74) is 3.37. The van der Waals surface area contributed by atoms with Crippen LogP contribution in [0.5, 0.6) is 0 Å². The summed E-state index contributed by atoms with van der Waals surface area (Å²) < 4.78 is 4.27. The van der Waals surface area contributed by atoms with Gasteiger partial charge in [-0.05, 0) is 47.1 Å². The molecule has 20 heavy (non-hydrogen) atoms. The van der Waals surface area contributed by atoms with Gasteiger partial charge in [-0.2, -0.15) is 5.10 Å². The summed E-state index contributed by atoms with van der Waals surface area (Å²) in [6.07, 6.45) is 3.15. The molecule has 0 fully saturated rings. The lowest BCUT2D eigenvalue weighted by Crippen LogP contribution is -2.15. The molecule has 2 heterocycles. The first-order valence-corrected chi connectivity index (χ1v) is 7.27. The van der Waals surface area contributed by atoms with E-state index in [4.69, 9.17) is 0 Å². The molecule has 0 spiro atoms. The molecule has 5 nitrogen and oxygen atoms in total. The maximum absolute atomic E-state index is 4.53. The molecule has 2 aromatic heterocycles. The van der Waals surface area contributed by atoms with Crippen LogP contribution in [0.4, 0.5) is 5.95 Å². The van der Waals surface area contributed by atoms with Gasteiger partial charge >= 0.3 is 0 Å². The van der Waals surface area contributed by atoms with E-state index in [1.165, 1.54) is 5.69 Å². The summed E-state index contributed by atoms with van der Waals surface area (Å²) in [6.45, 7) is 12.3. The fourth-order valence-corrected chi connectivity index (χ4v) is 2.38. The lowest BCUT2D eigenvalue weighted by Gasteiger charge is -2.12. The summed E-state index contributed by atoms with van der Waals surface area (Å²) in [7, 11) is 0. The fraction of sp³-hybridized carbons (Fsp3) is 0.600. The smallest absolute Gasteiger partial charge is 0.203 e. The minimum absolute atomic E-state index is 0.395. The Balaban J connectivity index is 1.95. The maximum Gasteiger partial charge on any atom is 0.203 e. The van der Waals surface area contributed by atoms with Gasteiger partial charge in [0, 0.05) is 31.0 Å². The molecule has 0 saturated carbocycles. The number of rotatable bonds is 6. The Morgan fingerprint density at radius 2 is 1.90 bits per heavy atom. The van der Waals surface area contributed by atoms with E-state index in [0.29, 0.717) is 6.04 Å². The van der Waals surface area contributed by atoms with Gasteiger partial charge in [-0.25, -0.2) is 4.98 Å². The zero-order valence-electron chi connectivity index (χ0n) is 13.1. The zero-order chi connectivity index (χ0) is 14.7. The summed E-state index contributed by atoms with van der Waals surface area (Å²) >= 11 is 0. The molecule has 110 valence electrons. The normalized spacial score (nSPS) is 11.3. The van der Waals surface area contributed by atoms with Gasteiger partial charge in [-0.15, -0.1) is 0 Å².